The summed E-state index contributed by atoms with van der Waals surface area (Å²) in [7, 11) is 0. The molecule has 0 amide bonds. The second kappa shape index (κ2) is 9.54. The molecular formula is C27H24ClN3OS. The molecule has 4 aromatic rings. The minimum atomic E-state index is -0.530. The first-order chi connectivity index (χ1) is 16.2. The zero-order chi connectivity index (χ0) is 22.7. The highest BCUT2D eigenvalue weighted by Crippen LogP contribution is 2.50. The molecule has 0 aliphatic heterocycles. The van der Waals surface area contributed by atoms with E-state index in [1.165, 1.54) is 17.4 Å². The van der Waals surface area contributed by atoms with Crippen molar-refractivity contribution in [2.24, 2.45) is 0 Å². The van der Waals surface area contributed by atoms with Crippen LogP contribution >= 0.6 is 23.4 Å². The molecule has 0 fully saturated rings. The Bertz CT molecular complexity index is 1220. The molecule has 1 aliphatic rings. The van der Waals surface area contributed by atoms with Crippen molar-refractivity contribution >= 4 is 29.6 Å². The molecule has 0 atom stereocenters. The molecule has 1 aromatic heterocycles. The monoisotopic (exact) mass is 473 g/mol. The van der Waals surface area contributed by atoms with Gasteiger partial charge in [-0.25, -0.2) is 4.98 Å². The van der Waals surface area contributed by atoms with Crippen LogP contribution < -0.4 is 0 Å². The Morgan fingerprint density at radius 3 is 2.21 bits per heavy atom. The fourth-order valence-corrected chi connectivity index (χ4v) is 5.63. The number of benzene rings is 3. The number of hydrogen-bond donors (Lipinski definition) is 1. The molecule has 0 unspecified atom stereocenters. The third-order valence-electron chi connectivity index (χ3n) is 6.34. The number of fused-ring (bicyclic) bond motifs is 3. The van der Waals surface area contributed by atoms with Gasteiger partial charge in [-0.2, -0.15) is 0 Å². The number of carbonyl (C=O) groups is 1. The van der Waals surface area contributed by atoms with Crippen LogP contribution in [0.1, 0.15) is 36.8 Å². The minimum Gasteiger partial charge on any atom is -0.302 e. The summed E-state index contributed by atoms with van der Waals surface area (Å²) in [5.74, 6) is 1.69. The first-order valence-corrected chi connectivity index (χ1v) is 12.5. The summed E-state index contributed by atoms with van der Waals surface area (Å²) in [5.41, 5.74) is 5.11. The molecule has 1 aliphatic carbocycles. The van der Waals surface area contributed by atoms with Gasteiger partial charge < -0.3 is 4.79 Å². The van der Waals surface area contributed by atoms with Gasteiger partial charge in [0.15, 0.2) is 5.82 Å². The van der Waals surface area contributed by atoms with Gasteiger partial charge >= 0.3 is 0 Å². The lowest BCUT2D eigenvalue weighted by molar-refractivity contribution is -0.111. The maximum absolute atomic E-state index is 12.5. The summed E-state index contributed by atoms with van der Waals surface area (Å²) in [6.45, 7) is 0. The quantitative estimate of drug-likeness (QED) is 0.162. The van der Waals surface area contributed by atoms with E-state index in [0.717, 1.165) is 59.1 Å². The molecule has 0 spiro atoms. The van der Waals surface area contributed by atoms with Gasteiger partial charge in [0.1, 0.15) is 6.29 Å². The van der Waals surface area contributed by atoms with E-state index >= 15 is 0 Å². The maximum atomic E-state index is 12.5. The van der Waals surface area contributed by atoms with Crippen molar-refractivity contribution < 1.29 is 4.79 Å². The molecule has 0 radical (unpaired) electrons. The van der Waals surface area contributed by atoms with Crippen molar-refractivity contribution in [3.8, 4) is 22.5 Å². The number of aromatic amines is 1. The van der Waals surface area contributed by atoms with Crippen LogP contribution in [0.3, 0.4) is 0 Å². The standard InChI is InChI=1S/C27H24ClN3OS/c28-20-14-12-19(13-15-20)25-29-26(31-30-25)33-17-7-1-6-16-27(18-32)23-10-4-2-8-21(23)22-9-3-5-11-24(22)27/h2-5,8-15,18H,1,6-7,16-17H2,(H,29,30,31). The van der Waals surface area contributed by atoms with Crippen molar-refractivity contribution in [3.05, 3.63) is 88.9 Å². The SMILES string of the molecule is O=CC1(CCCCCSc2n[nH]c(-c3ccc(Cl)cc3)n2)c2ccccc2-c2ccccc21. The van der Waals surface area contributed by atoms with E-state index in [2.05, 4.69) is 51.6 Å². The van der Waals surface area contributed by atoms with Crippen LogP contribution in [-0.4, -0.2) is 27.2 Å². The lowest BCUT2D eigenvalue weighted by Crippen LogP contribution is -2.27. The van der Waals surface area contributed by atoms with E-state index in [9.17, 15) is 4.79 Å². The van der Waals surface area contributed by atoms with Gasteiger partial charge in [-0.1, -0.05) is 84.7 Å². The predicted octanol–water partition coefficient (Wildman–Crippen LogP) is 6.94. The fourth-order valence-electron chi connectivity index (χ4n) is 4.71. The average molecular weight is 474 g/mol. The summed E-state index contributed by atoms with van der Waals surface area (Å²) in [5, 5.41) is 8.77. The number of hydrogen-bond acceptors (Lipinski definition) is 4. The first-order valence-electron chi connectivity index (χ1n) is 11.2. The number of halogens is 1. The summed E-state index contributed by atoms with van der Waals surface area (Å²) < 4.78 is 0. The van der Waals surface area contributed by atoms with Crippen LogP contribution in [0.2, 0.25) is 5.02 Å². The van der Waals surface area contributed by atoms with Gasteiger partial charge in [-0.15, -0.1) is 5.10 Å². The van der Waals surface area contributed by atoms with E-state index in [1.807, 2.05) is 36.4 Å². The van der Waals surface area contributed by atoms with Gasteiger partial charge in [0.25, 0.3) is 0 Å². The Labute approximate surface area is 202 Å². The molecule has 5 rings (SSSR count). The fraction of sp³-hybridized carbons (Fsp3) is 0.222. The van der Waals surface area contributed by atoms with Crippen LogP contribution in [0.25, 0.3) is 22.5 Å². The summed E-state index contributed by atoms with van der Waals surface area (Å²) in [6, 6.07) is 24.2. The lowest BCUT2D eigenvalue weighted by Gasteiger charge is -2.25. The van der Waals surface area contributed by atoms with Crippen molar-refractivity contribution in [2.75, 3.05) is 5.75 Å². The number of H-pyrrole nitrogens is 1. The van der Waals surface area contributed by atoms with E-state index < -0.39 is 5.41 Å². The van der Waals surface area contributed by atoms with Crippen LogP contribution in [0, 0.1) is 0 Å². The number of aldehydes is 1. The van der Waals surface area contributed by atoms with Crippen molar-refractivity contribution in [1.82, 2.24) is 15.2 Å². The largest absolute Gasteiger partial charge is 0.302 e. The van der Waals surface area contributed by atoms with Gasteiger partial charge in [-0.3, -0.25) is 5.10 Å². The number of nitrogens with zero attached hydrogens (tertiary/aromatic N) is 2. The van der Waals surface area contributed by atoms with E-state index in [4.69, 9.17) is 11.6 Å². The normalized spacial score (nSPS) is 13.5. The van der Waals surface area contributed by atoms with E-state index in [0.29, 0.717) is 5.02 Å². The minimum absolute atomic E-state index is 0.530. The Balaban J connectivity index is 1.17. The molecule has 33 heavy (non-hydrogen) atoms. The van der Waals surface area contributed by atoms with E-state index in [-0.39, 0.29) is 0 Å². The Kier molecular flexibility index (Phi) is 6.34. The van der Waals surface area contributed by atoms with Crippen molar-refractivity contribution in [1.29, 1.82) is 0 Å². The van der Waals surface area contributed by atoms with Crippen LogP contribution in [0.4, 0.5) is 0 Å². The molecule has 6 heteroatoms. The molecular weight excluding hydrogens is 450 g/mol. The molecule has 3 aromatic carbocycles. The summed E-state index contributed by atoms with van der Waals surface area (Å²) in [6.07, 6.45) is 5.09. The van der Waals surface area contributed by atoms with Gasteiger partial charge in [0, 0.05) is 16.3 Å². The molecule has 1 heterocycles. The number of nitrogens with one attached hydrogen (secondary N) is 1. The lowest BCUT2D eigenvalue weighted by atomic mass is 9.75. The van der Waals surface area contributed by atoms with Crippen LogP contribution in [-0.2, 0) is 10.2 Å². The van der Waals surface area contributed by atoms with Gasteiger partial charge in [0.2, 0.25) is 5.16 Å². The Morgan fingerprint density at radius 1 is 0.879 bits per heavy atom. The average Bonchev–Trinajstić information content (AvgIpc) is 3.44. The Hall–Kier alpha value is -2.89. The van der Waals surface area contributed by atoms with Crippen molar-refractivity contribution in [2.45, 2.75) is 36.3 Å². The highest BCUT2D eigenvalue weighted by Gasteiger charge is 2.42. The molecule has 4 nitrogen and oxygen atoms in total. The van der Waals surface area contributed by atoms with Gasteiger partial charge in [-0.05, 0) is 59.4 Å². The zero-order valence-electron chi connectivity index (χ0n) is 18.1. The first kappa shape index (κ1) is 21.9. The summed E-state index contributed by atoms with van der Waals surface area (Å²) in [4.78, 5) is 17.0. The second-order valence-corrected chi connectivity index (χ2v) is 9.81. The second-order valence-electron chi connectivity index (χ2n) is 8.31. The van der Waals surface area contributed by atoms with Crippen molar-refractivity contribution in [3.63, 3.8) is 0 Å². The van der Waals surface area contributed by atoms with Crippen LogP contribution in [0.15, 0.2) is 78.0 Å². The smallest absolute Gasteiger partial charge is 0.208 e. The number of aromatic nitrogens is 3. The number of rotatable bonds is 9. The highest BCUT2D eigenvalue weighted by atomic mass is 35.5. The molecule has 166 valence electrons. The number of unbranched alkanes of at least 4 members (excludes halogenated alkanes) is 2. The van der Waals surface area contributed by atoms with E-state index in [1.54, 1.807) is 11.8 Å². The van der Waals surface area contributed by atoms with Crippen LogP contribution in [0.5, 0.6) is 0 Å². The molecule has 0 saturated carbocycles. The molecule has 0 bridgehead atoms. The number of carbonyl (C=O) groups excluding carboxylic acids is 1. The zero-order valence-corrected chi connectivity index (χ0v) is 19.7. The third kappa shape index (κ3) is 4.23. The maximum Gasteiger partial charge on any atom is 0.208 e. The Morgan fingerprint density at radius 2 is 1.55 bits per heavy atom. The topological polar surface area (TPSA) is 58.6 Å². The molecule has 1 N–H and O–H groups in total. The summed E-state index contributed by atoms with van der Waals surface area (Å²) >= 11 is 7.61. The highest BCUT2D eigenvalue weighted by molar-refractivity contribution is 7.99. The molecule has 0 saturated heterocycles. The predicted molar refractivity (Wildman–Crippen MR) is 135 cm³/mol. The van der Waals surface area contributed by atoms with Gasteiger partial charge in [0.05, 0.1) is 5.41 Å². The number of thioether (sulfide) groups is 1. The third-order valence-corrected chi connectivity index (χ3v) is 7.52.